The van der Waals surface area contributed by atoms with Crippen LogP contribution >= 0.6 is 12.6 Å². The summed E-state index contributed by atoms with van der Waals surface area (Å²) in [5, 5.41) is 16.8. The van der Waals surface area contributed by atoms with Crippen LogP contribution in [0.5, 0.6) is 0 Å². The number of hydrogen-bond acceptors (Lipinski definition) is 3. The minimum atomic E-state index is -0.512. The maximum atomic E-state index is 8.56. The van der Waals surface area contributed by atoms with Gasteiger partial charge in [-0.05, 0) is 19.3 Å². The van der Waals surface area contributed by atoms with Crippen molar-refractivity contribution in [2.75, 3.05) is 6.61 Å². The van der Waals surface area contributed by atoms with Crippen molar-refractivity contribution in [3.63, 3.8) is 0 Å². The zero-order valence-electron chi connectivity index (χ0n) is 4.75. The molecule has 1 atom stereocenters. The molecule has 0 rings (SSSR count). The van der Waals surface area contributed by atoms with Crippen LogP contribution in [0.15, 0.2) is 0 Å². The first-order valence-corrected chi connectivity index (χ1v) is 3.26. The smallest absolute Gasteiger partial charge is 0.0964 e. The van der Waals surface area contributed by atoms with E-state index in [1.165, 1.54) is 0 Å². The van der Waals surface area contributed by atoms with Crippen LogP contribution in [0.25, 0.3) is 0 Å². The lowest BCUT2D eigenvalue weighted by atomic mass is 10.2. The first kappa shape index (κ1) is 8.27. The molecule has 2 N–H and O–H groups in total. The van der Waals surface area contributed by atoms with E-state index in [9.17, 15) is 0 Å². The van der Waals surface area contributed by atoms with Crippen molar-refractivity contribution in [3.05, 3.63) is 0 Å². The Bertz CT molecular complexity index is 47.7. The minimum absolute atomic E-state index is 0.209. The van der Waals surface area contributed by atoms with E-state index in [1.54, 1.807) is 0 Å². The molecule has 0 amide bonds. The topological polar surface area (TPSA) is 40.5 Å². The van der Waals surface area contributed by atoms with E-state index in [1.807, 2.05) is 0 Å². The molecule has 2 nitrogen and oxygen atoms in total. The van der Waals surface area contributed by atoms with E-state index in [0.29, 0.717) is 6.42 Å². The number of hydrogen-bond donors (Lipinski definition) is 3. The summed E-state index contributed by atoms with van der Waals surface area (Å²) >= 11 is 3.74. The molecule has 0 spiro atoms. The Hall–Kier alpha value is 0.270. The van der Waals surface area contributed by atoms with Crippen molar-refractivity contribution < 1.29 is 10.2 Å². The first-order valence-electron chi connectivity index (χ1n) is 2.74. The van der Waals surface area contributed by atoms with Gasteiger partial charge in [-0.25, -0.2) is 0 Å². The van der Waals surface area contributed by atoms with Crippen molar-refractivity contribution in [3.8, 4) is 0 Å². The van der Waals surface area contributed by atoms with Gasteiger partial charge < -0.3 is 10.2 Å². The highest BCUT2D eigenvalue weighted by atomic mass is 32.1. The van der Waals surface area contributed by atoms with Crippen molar-refractivity contribution in [1.82, 2.24) is 0 Å². The Balaban J connectivity index is 2.72. The zero-order valence-corrected chi connectivity index (χ0v) is 5.64. The number of rotatable bonds is 4. The van der Waals surface area contributed by atoms with Gasteiger partial charge in [0.15, 0.2) is 0 Å². The summed E-state index contributed by atoms with van der Waals surface area (Å²) in [4.78, 5) is 0. The van der Waals surface area contributed by atoms with E-state index in [4.69, 9.17) is 10.2 Å². The summed E-state index contributed by atoms with van der Waals surface area (Å²) < 4.78 is 0. The van der Waals surface area contributed by atoms with Gasteiger partial charge in [0.25, 0.3) is 0 Å². The second kappa shape index (κ2) is 5.41. The lowest BCUT2D eigenvalue weighted by Gasteiger charge is -1.99. The van der Waals surface area contributed by atoms with Gasteiger partial charge in [0, 0.05) is 6.61 Å². The van der Waals surface area contributed by atoms with Gasteiger partial charge in [-0.3, -0.25) is 0 Å². The lowest BCUT2D eigenvalue weighted by Crippen LogP contribution is -1.95. The van der Waals surface area contributed by atoms with Gasteiger partial charge in [-0.15, -0.1) is 12.6 Å². The van der Waals surface area contributed by atoms with E-state index >= 15 is 0 Å². The van der Waals surface area contributed by atoms with Crippen LogP contribution in [-0.2, 0) is 0 Å². The van der Waals surface area contributed by atoms with Crippen molar-refractivity contribution >= 4 is 12.6 Å². The van der Waals surface area contributed by atoms with Crippen molar-refractivity contribution in [1.29, 1.82) is 0 Å². The van der Waals surface area contributed by atoms with Crippen LogP contribution in [0.1, 0.15) is 19.3 Å². The molecular weight excluding hydrogens is 124 g/mol. The van der Waals surface area contributed by atoms with Crippen LogP contribution in [0.3, 0.4) is 0 Å². The van der Waals surface area contributed by atoms with Crippen LogP contribution < -0.4 is 0 Å². The van der Waals surface area contributed by atoms with Crippen LogP contribution in [0.4, 0.5) is 0 Å². The predicted octanol–water partition coefficient (Wildman–Crippen LogP) is 0.397. The molecule has 8 heavy (non-hydrogen) atoms. The third-order valence-electron chi connectivity index (χ3n) is 0.870. The largest absolute Gasteiger partial charge is 0.396 e. The summed E-state index contributed by atoms with van der Waals surface area (Å²) in [6.07, 6.45) is 2.28. The molecule has 1 unspecified atom stereocenters. The molecule has 0 aliphatic rings. The molecule has 0 saturated carbocycles. The molecule has 0 radical (unpaired) electrons. The second-order valence-electron chi connectivity index (χ2n) is 1.70. The highest BCUT2D eigenvalue weighted by Crippen LogP contribution is 2.01. The Kier molecular flexibility index (Phi) is 5.59. The SMILES string of the molecule is OCCCCC(O)S. The molecule has 0 saturated heterocycles. The molecule has 0 aliphatic heterocycles. The molecular formula is C5H12O2S. The third kappa shape index (κ3) is 6.27. The Morgan fingerprint density at radius 1 is 1.38 bits per heavy atom. The molecule has 0 heterocycles. The lowest BCUT2D eigenvalue weighted by molar-refractivity contribution is 0.236. The molecule has 3 heteroatoms. The van der Waals surface area contributed by atoms with Crippen LogP contribution in [0, 0.1) is 0 Å². The Labute approximate surface area is 54.9 Å². The fraction of sp³-hybridized carbons (Fsp3) is 1.00. The van der Waals surface area contributed by atoms with E-state index in [0.717, 1.165) is 12.8 Å². The van der Waals surface area contributed by atoms with E-state index < -0.39 is 5.44 Å². The van der Waals surface area contributed by atoms with Crippen LogP contribution in [0.2, 0.25) is 0 Å². The summed E-state index contributed by atoms with van der Waals surface area (Å²) in [5.41, 5.74) is -0.512. The van der Waals surface area contributed by atoms with Gasteiger partial charge in [-0.1, -0.05) is 0 Å². The second-order valence-corrected chi connectivity index (χ2v) is 2.30. The monoisotopic (exact) mass is 136 g/mol. The number of aliphatic hydroxyl groups excluding tert-OH is 2. The van der Waals surface area contributed by atoms with Gasteiger partial charge in [0.1, 0.15) is 0 Å². The van der Waals surface area contributed by atoms with Gasteiger partial charge >= 0.3 is 0 Å². The van der Waals surface area contributed by atoms with E-state index in [-0.39, 0.29) is 6.61 Å². The van der Waals surface area contributed by atoms with Crippen LogP contribution in [-0.4, -0.2) is 22.3 Å². The zero-order chi connectivity index (χ0) is 6.41. The summed E-state index contributed by atoms with van der Waals surface area (Å²) in [5.74, 6) is 0. The van der Waals surface area contributed by atoms with Crippen molar-refractivity contribution in [2.45, 2.75) is 24.7 Å². The van der Waals surface area contributed by atoms with Crippen molar-refractivity contribution in [2.24, 2.45) is 0 Å². The highest BCUT2D eigenvalue weighted by Gasteiger charge is 1.93. The standard InChI is InChI=1S/C5H12O2S/c6-4-2-1-3-5(7)8/h5-8H,1-4H2. The van der Waals surface area contributed by atoms with Gasteiger partial charge in [-0.2, -0.15) is 0 Å². The van der Waals surface area contributed by atoms with Gasteiger partial charge in [0.2, 0.25) is 0 Å². The molecule has 0 aliphatic carbocycles. The molecule has 0 bridgehead atoms. The molecule has 0 aromatic carbocycles. The van der Waals surface area contributed by atoms with E-state index in [2.05, 4.69) is 12.6 Å². The maximum absolute atomic E-state index is 8.56. The fourth-order valence-electron chi connectivity index (χ4n) is 0.439. The molecule has 0 aromatic heterocycles. The Morgan fingerprint density at radius 3 is 2.38 bits per heavy atom. The number of thiol groups is 1. The number of unbranched alkanes of at least 4 members (excludes halogenated alkanes) is 1. The fourth-order valence-corrected chi connectivity index (χ4v) is 0.621. The molecule has 0 fully saturated rings. The van der Waals surface area contributed by atoms with Gasteiger partial charge in [0.05, 0.1) is 5.44 Å². The third-order valence-corrected chi connectivity index (χ3v) is 1.13. The summed E-state index contributed by atoms with van der Waals surface area (Å²) in [7, 11) is 0. The predicted molar refractivity (Wildman–Crippen MR) is 35.9 cm³/mol. The normalized spacial score (nSPS) is 13.9. The molecule has 0 aromatic rings. The quantitative estimate of drug-likeness (QED) is 0.297. The molecule has 50 valence electrons. The summed E-state index contributed by atoms with van der Waals surface area (Å²) in [6.45, 7) is 0.209. The average molecular weight is 136 g/mol. The first-order chi connectivity index (χ1) is 3.77. The average Bonchev–Trinajstić information content (AvgIpc) is 1.66. The highest BCUT2D eigenvalue weighted by molar-refractivity contribution is 7.80. The maximum Gasteiger partial charge on any atom is 0.0964 e. The minimum Gasteiger partial charge on any atom is -0.396 e. The Morgan fingerprint density at radius 2 is 2.00 bits per heavy atom. The number of aliphatic hydroxyl groups is 2. The summed E-state index contributed by atoms with van der Waals surface area (Å²) in [6, 6.07) is 0.